The van der Waals surface area contributed by atoms with E-state index in [0.29, 0.717) is 0 Å². The molecule has 0 saturated carbocycles. The first kappa shape index (κ1) is 11.7. The fraction of sp³-hybridized carbons (Fsp3) is 0.0714. The lowest BCUT2D eigenvalue weighted by atomic mass is 10.3. The number of hydrogen-bond acceptors (Lipinski definition) is 2. The Kier molecular flexibility index (Phi) is 3.06. The Morgan fingerprint density at radius 3 is 2.00 bits per heavy atom. The minimum absolute atomic E-state index is 0.00911. The molecular weight excluding hydrogens is 262 g/mol. The van der Waals surface area contributed by atoms with Crippen molar-refractivity contribution in [2.45, 2.75) is 26.5 Å². The van der Waals surface area contributed by atoms with Gasteiger partial charge in [-0.3, -0.25) is 4.79 Å². The van der Waals surface area contributed by atoms with Gasteiger partial charge in [-0.05, 0) is 24.3 Å². The van der Waals surface area contributed by atoms with Crippen LogP contribution in [0.2, 0.25) is 0 Å². The zero-order valence-electron chi connectivity index (χ0n) is 9.84. The first-order chi connectivity index (χ1) is 8.75. The second kappa shape index (κ2) is 4.71. The van der Waals surface area contributed by atoms with E-state index in [2.05, 4.69) is 29.0 Å². The molecule has 2 nitrogen and oxygen atoms in total. The molecule has 0 atom stereocenters. The van der Waals surface area contributed by atoms with Gasteiger partial charge in [0.05, 0.1) is 9.79 Å². The Labute approximate surface area is 113 Å². The first-order valence-electron chi connectivity index (χ1n) is 5.63. The summed E-state index contributed by atoms with van der Waals surface area (Å²) in [4.78, 5) is 16.3. The van der Waals surface area contributed by atoms with E-state index in [1.165, 1.54) is 19.6 Å². The summed E-state index contributed by atoms with van der Waals surface area (Å²) in [6.07, 6.45) is 0. The summed E-state index contributed by atoms with van der Waals surface area (Å²) < 4.78 is 3.07. The molecule has 4 heteroatoms. The number of carbonyl (C=O) groups excluding carboxylic acids is 1. The van der Waals surface area contributed by atoms with Crippen LogP contribution in [0.1, 0.15) is 6.92 Å². The topological polar surface area (TPSA) is 29.1 Å². The van der Waals surface area contributed by atoms with Gasteiger partial charge in [0.1, 0.15) is 0 Å². The van der Waals surface area contributed by atoms with Crippen LogP contribution in [-0.4, -0.2) is 5.91 Å². The van der Waals surface area contributed by atoms with Gasteiger partial charge >= 0.3 is 0 Å². The van der Waals surface area contributed by atoms with E-state index in [4.69, 9.17) is 0 Å². The van der Waals surface area contributed by atoms with Gasteiger partial charge in [0, 0.05) is 6.92 Å². The average molecular weight is 274 g/mol. The molecule has 0 unspecified atom stereocenters. The molecule has 1 aliphatic heterocycles. The molecule has 3 rings (SSSR count). The molecule has 1 N–H and O–H groups in total. The van der Waals surface area contributed by atoms with Crippen LogP contribution in [-0.2, 0) is 15.9 Å². The van der Waals surface area contributed by atoms with Crippen molar-refractivity contribution in [1.82, 2.24) is 4.72 Å². The Morgan fingerprint density at radius 2 is 1.50 bits per heavy atom. The predicted molar refractivity (Wildman–Crippen MR) is 74.7 cm³/mol. The van der Waals surface area contributed by atoms with Crippen LogP contribution in [0.15, 0.2) is 68.1 Å². The van der Waals surface area contributed by atoms with Crippen molar-refractivity contribution < 1.29 is 4.79 Å². The maximum absolute atomic E-state index is 11.4. The molecular formula is C14H12NOS2+. The molecule has 2 aromatic carbocycles. The maximum Gasteiger partial charge on any atom is 0.258 e. The number of nitrogens with one attached hydrogen (secondary N) is 1. The van der Waals surface area contributed by atoms with Crippen LogP contribution >= 0.6 is 11.8 Å². The van der Waals surface area contributed by atoms with Crippen molar-refractivity contribution in [3.8, 4) is 0 Å². The predicted octanol–water partition coefficient (Wildman–Crippen LogP) is 3.24. The third-order valence-corrected chi connectivity index (χ3v) is 6.10. The fourth-order valence-corrected chi connectivity index (χ4v) is 5.23. The van der Waals surface area contributed by atoms with Crippen molar-refractivity contribution in [3.05, 3.63) is 48.5 Å². The van der Waals surface area contributed by atoms with Crippen molar-refractivity contribution in [1.29, 1.82) is 0 Å². The minimum Gasteiger partial charge on any atom is -0.271 e. The summed E-state index contributed by atoms with van der Waals surface area (Å²) in [5, 5.41) is 0. The smallest absolute Gasteiger partial charge is 0.258 e. The number of carbonyl (C=O) groups is 1. The quantitative estimate of drug-likeness (QED) is 0.809. The molecule has 0 aromatic heterocycles. The van der Waals surface area contributed by atoms with Crippen molar-refractivity contribution in [2.24, 2.45) is 0 Å². The van der Waals surface area contributed by atoms with E-state index in [-0.39, 0.29) is 17.0 Å². The highest BCUT2D eigenvalue weighted by Crippen LogP contribution is 2.44. The maximum atomic E-state index is 11.4. The van der Waals surface area contributed by atoms with Crippen LogP contribution in [0.4, 0.5) is 0 Å². The molecule has 2 aromatic rings. The summed E-state index contributed by atoms with van der Waals surface area (Å²) in [5.74, 6) is 0.00911. The molecule has 0 fully saturated rings. The summed E-state index contributed by atoms with van der Waals surface area (Å²) >= 11 is 1.42. The van der Waals surface area contributed by atoms with Crippen molar-refractivity contribution in [2.75, 3.05) is 0 Å². The normalized spacial score (nSPS) is 13.6. The summed E-state index contributed by atoms with van der Waals surface area (Å²) in [6.45, 7) is 1.57. The second-order valence-corrected chi connectivity index (χ2v) is 6.74. The zero-order valence-corrected chi connectivity index (χ0v) is 11.5. The van der Waals surface area contributed by atoms with Gasteiger partial charge in [-0.15, -0.1) is 0 Å². The minimum atomic E-state index is -0.345. The lowest BCUT2D eigenvalue weighted by Crippen LogP contribution is -2.30. The van der Waals surface area contributed by atoms with E-state index < -0.39 is 0 Å². The van der Waals surface area contributed by atoms with Gasteiger partial charge in [-0.2, -0.15) is 4.72 Å². The largest absolute Gasteiger partial charge is 0.271 e. The second-order valence-electron chi connectivity index (χ2n) is 3.96. The van der Waals surface area contributed by atoms with Crippen LogP contribution in [0, 0.1) is 0 Å². The number of hydrogen-bond donors (Lipinski definition) is 1. The molecule has 1 heterocycles. The van der Waals surface area contributed by atoms with E-state index in [9.17, 15) is 4.79 Å². The van der Waals surface area contributed by atoms with Crippen LogP contribution in [0.5, 0.6) is 0 Å². The molecule has 1 aliphatic rings. The molecule has 0 aliphatic carbocycles. The van der Waals surface area contributed by atoms with Crippen molar-refractivity contribution >= 4 is 28.8 Å². The van der Waals surface area contributed by atoms with Gasteiger partial charge in [0.25, 0.3) is 5.91 Å². The zero-order chi connectivity index (χ0) is 12.5. The molecule has 0 radical (unpaired) electrons. The summed E-state index contributed by atoms with van der Waals surface area (Å²) in [7, 11) is 0. The average Bonchev–Trinajstić information content (AvgIpc) is 2.38. The Balaban J connectivity index is 2.14. The summed E-state index contributed by atoms with van der Waals surface area (Å²) in [6, 6.07) is 16.5. The highest BCUT2D eigenvalue weighted by Gasteiger charge is 2.37. The van der Waals surface area contributed by atoms with Gasteiger partial charge in [-0.25, -0.2) is 0 Å². The fourth-order valence-electron chi connectivity index (χ4n) is 1.90. The van der Waals surface area contributed by atoms with Gasteiger partial charge in [-0.1, -0.05) is 36.0 Å². The van der Waals surface area contributed by atoms with E-state index in [1.54, 1.807) is 18.7 Å². The lowest BCUT2D eigenvalue weighted by Gasteiger charge is -2.17. The molecule has 1 amide bonds. The van der Waals surface area contributed by atoms with E-state index in [0.717, 1.165) is 0 Å². The van der Waals surface area contributed by atoms with E-state index in [1.807, 2.05) is 24.3 Å². The van der Waals surface area contributed by atoms with E-state index >= 15 is 0 Å². The standard InChI is InChI=1S/C14H11NOS2/c1-10(16)15-18-13-8-4-2-6-11(13)17-12-7-3-5-9-14(12)18/h2-9H,1H3/p+1. The van der Waals surface area contributed by atoms with Crippen molar-refractivity contribution in [3.63, 3.8) is 0 Å². The molecule has 0 spiro atoms. The third-order valence-electron chi connectivity index (χ3n) is 2.60. The summed E-state index contributed by atoms with van der Waals surface area (Å²) in [5.41, 5.74) is 0. The van der Waals surface area contributed by atoms with Crippen LogP contribution in [0.3, 0.4) is 0 Å². The number of fused-ring (bicyclic) bond motifs is 2. The molecule has 0 saturated heterocycles. The van der Waals surface area contributed by atoms with Crippen LogP contribution in [0.25, 0.3) is 0 Å². The molecule has 18 heavy (non-hydrogen) atoms. The lowest BCUT2D eigenvalue weighted by molar-refractivity contribution is -0.117. The highest BCUT2D eigenvalue weighted by atomic mass is 32.2. The Morgan fingerprint density at radius 1 is 1.00 bits per heavy atom. The SMILES string of the molecule is CC(=O)N[S+]1c2ccccc2Sc2ccccc21. The first-order valence-corrected chi connectivity index (χ1v) is 7.67. The number of rotatable bonds is 1. The highest BCUT2D eigenvalue weighted by molar-refractivity contribution is 8.03. The Bertz CT molecular complexity index is 567. The van der Waals surface area contributed by atoms with Gasteiger partial charge in [0.2, 0.25) is 9.79 Å². The molecule has 0 bridgehead atoms. The number of amides is 1. The van der Waals surface area contributed by atoms with Gasteiger partial charge in [0.15, 0.2) is 11.1 Å². The molecule has 90 valence electrons. The van der Waals surface area contributed by atoms with Gasteiger partial charge < -0.3 is 0 Å². The van der Waals surface area contributed by atoms with Crippen LogP contribution < -0.4 is 4.72 Å². The monoisotopic (exact) mass is 274 g/mol. The number of benzene rings is 2. The Hall–Kier alpha value is -1.39. The third kappa shape index (κ3) is 2.02.